The monoisotopic (exact) mass is 190 g/mol. The topological polar surface area (TPSA) is 25.8 Å². The summed E-state index contributed by atoms with van der Waals surface area (Å²) in [6.45, 7) is 0. The molecule has 0 bridgehead atoms. The van der Waals surface area contributed by atoms with Gasteiger partial charge in [-0.25, -0.2) is 0 Å². The van der Waals surface area contributed by atoms with Crippen LogP contribution in [0.2, 0.25) is 0 Å². The van der Waals surface area contributed by atoms with E-state index in [1.807, 2.05) is 0 Å². The van der Waals surface area contributed by atoms with E-state index in [2.05, 4.69) is 27.8 Å². The molecular weight excluding hydrogens is 180 g/mol. The molecule has 0 radical (unpaired) electrons. The minimum Gasteiger partial charge on any atom is -0.138 e. The molecule has 0 unspecified atom stereocenters. The van der Waals surface area contributed by atoms with Gasteiger partial charge in [0, 0.05) is 0 Å². The zero-order valence-corrected chi connectivity index (χ0v) is 8.05. The standard InChI is InChI=1S/C10H10N2S/c1-2-8(6-7-4-5-7)10-9(3-1)13-12-11-10/h1-3,7H,4-6H2. The van der Waals surface area contributed by atoms with E-state index in [0.717, 1.165) is 11.4 Å². The first kappa shape index (κ1) is 7.44. The van der Waals surface area contributed by atoms with Crippen LogP contribution in [0.4, 0.5) is 0 Å². The van der Waals surface area contributed by atoms with E-state index >= 15 is 0 Å². The first-order valence-electron chi connectivity index (χ1n) is 4.63. The van der Waals surface area contributed by atoms with Crippen LogP contribution in [-0.2, 0) is 6.42 Å². The maximum Gasteiger partial charge on any atom is 0.109 e. The average Bonchev–Trinajstić information content (AvgIpc) is 2.83. The Morgan fingerprint density at radius 1 is 1.38 bits per heavy atom. The highest BCUT2D eigenvalue weighted by atomic mass is 32.1. The van der Waals surface area contributed by atoms with E-state index in [-0.39, 0.29) is 0 Å². The highest BCUT2D eigenvalue weighted by Crippen LogP contribution is 2.34. The lowest BCUT2D eigenvalue weighted by Gasteiger charge is -1.98. The van der Waals surface area contributed by atoms with Crippen LogP contribution in [0.1, 0.15) is 18.4 Å². The summed E-state index contributed by atoms with van der Waals surface area (Å²) in [7, 11) is 0. The van der Waals surface area contributed by atoms with Crippen molar-refractivity contribution in [3.05, 3.63) is 23.8 Å². The third-order valence-electron chi connectivity index (χ3n) is 2.57. The Balaban J connectivity index is 2.09. The highest BCUT2D eigenvalue weighted by Gasteiger charge is 2.22. The normalized spacial score (nSPS) is 16.6. The number of hydrogen-bond donors (Lipinski definition) is 0. The van der Waals surface area contributed by atoms with Gasteiger partial charge in [-0.05, 0) is 48.3 Å². The maximum atomic E-state index is 4.17. The van der Waals surface area contributed by atoms with Gasteiger partial charge in [-0.3, -0.25) is 0 Å². The Labute approximate surface area is 80.8 Å². The van der Waals surface area contributed by atoms with Gasteiger partial charge in [0.2, 0.25) is 0 Å². The van der Waals surface area contributed by atoms with Gasteiger partial charge in [-0.1, -0.05) is 16.6 Å². The van der Waals surface area contributed by atoms with Crippen molar-refractivity contribution in [2.75, 3.05) is 0 Å². The minimum atomic E-state index is 0.923. The summed E-state index contributed by atoms with van der Waals surface area (Å²) >= 11 is 1.49. The molecule has 0 amide bonds. The molecule has 1 aliphatic rings. The summed E-state index contributed by atoms with van der Waals surface area (Å²) in [4.78, 5) is 0. The van der Waals surface area contributed by atoms with Crippen molar-refractivity contribution in [1.29, 1.82) is 0 Å². The lowest BCUT2D eigenvalue weighted by Crippen LogP contribution is -1.88. The van der Waals surface area contributed by atoms with Crippen molar-refractivity contribution in [3.63, 3.8) is 0 Å². The molecule has 66 valence electrons. The fraction of sp³-hybridized carbons (Fsp3) is 0.400. The molecule has 1 aromatic heterocycles. The zero-order chi connectivity index (χ0) is 8.67. The van der Waals surface area contributed by atoms with E-state index in [1.54, 1.807) is 0 Å². The van der Waals surface area contributed by atoms with Crippen molar-refractivity contribution in [2.24, 2.45) is 5.92 Å². The molecule has 1 aromatic carbocycles. The molecule has 0 spiro atoms. The Kier molecular flexibility index (Phi) is 1.59. The first-order valence-corrected chi connectivity index (χ1v) is 5.41. The van der Waals surface area contributed by atoms with Gasteiger partial charge in [0.15, 0.2) is 0 Å². The molecule has 3 heteroatoms. The number of fused-ring (bicyclic) bond motifs is 1. The van der Waals surface area contributed by atoms with Crippen molar-refractivity contribution in [3.8, 4) is 0 Å². The molecule has 0 N–H and O–H groups in total. The van der Waals surface area contributed by atoms with E-state index in [0.29, 0.717) is 0 Å². The van der Waals surface area contributed by atoms with Gasteiger partial charge in [0.25, 0.3) is 0 Å². The second-order valence-electron chi connectivity index (χ2n) is 3.68. The molecule has 1 heterocycles. The van der Waals surface area contributed by atoms with Gasteiger partial charge in [-0.2, -0.15) is 0 Å². The largest absolute Gasteiger partial charge is 0.138 e. The molecule has 2 aromatic rings. The van der Waals surface area contributed by atoms with Crippen LogP contribution >= 0.6 is 11.5 Å². The van der Waals surface area contributed by atoms with Crippen LogP contribution in [0.5, 0.6) is 0 Å². The van der Waals surface area contributed by atoms with Crippen molar-refractivity contribution in [2.45, 2.75) is 19.3 Å². The lowest BCUT2D eigenvalue weighted by molar-refractivity contribution is 0.836. The molecule has 3 rings (SSSR count). The Hall–Kier alpha value is -0.960. The van der Waals surface area contributed by atoms with Crippen molar-refractivity contribution >= 4 is 21.7 Å². The van der Waals surface area contributed by atoms with Crippen LogP contribution in [0.25, 0.3) is 10.2 Å². The number of hydrogen-bond acceptors (Lipinski definition) is 3. The van der Waals surface area contributed by atoms with E-state index in [4.69, 9.17) is 0 Å². The van der Waals surface area contributed by atoms with Crippen LogP contribution < -0.4 is 0 Å². The van der Waals surface area contributed by atoms with Gasteiger partial charge in [0.05, 0.1) is 4.70 Å². The van der Waals surface area contributed by atoms with Crippen molar-refractivity contribution < 1.29 is 0 Å². The minimum absolute atomic E-state index is 0.923. The fourth-order valence-electron chi connectivity index (χ4n) is 1.66. The molecule has 0 saturated heterocycles. The predicted octanol–water partition coefficient (Wildman–Crippen LogP) is 2.64. The molecule has 1 saturated carbocycles. The summed E-state index contributed by atoms with van der Waals surface area (Å²) in [6.07, 6.45) is 3.99. The van der Waals surface area contributed by atoms with Gasteiger partial charge >= 0.3 is 0 Å². The second kappa shape index (κ2) is 2.77. The zero-order valence-electron chi connectivity index (χ0n) is 7.23. The number of rotatable bonds is 2. The van der Waals surface area contributed by atoms with Crippen molar-refractivity contribution in [1.82, 2.24) is 9.59 Å². The number of benzene rings is 1. The predicted molar refractivity (Wildman–Crippen MR) is 53.8 cm³/mol. The molecule has 2 nitrogen and oxygen atoms in total. The molecule has 1 fully saturated rings. The van der Waals surface area contributed by atoms with Crippen LogP contribution in [0.3, 0.4) is 0 Å². The third-order valence-corrected chi connectivity index (χ3v) is 3.26. The molecule has 1 aliphatic carbocycles. The van der Waals surface area contributed by atoms with Crippen LogP contribution in [-0.4, -0.2) is 9.59 Å². The summed E-state index contributed by atoms with van der Waals surface area (Å²) in [5.74, 6) is 0.923. The lowest BCUT2D eigenvalue weighted by atomic mass is 10.1. The molecule has 13 heavy (non-hydrogen) atoms. The molecular formula is C10H10N2S. The molecule has 0 aliphatic heterocycles. The first-order chi connectivity index (χ1) is 6.43. The summed E-state index contributed by atoms with van der Waals surface area (Å²) in [6, 6.07) is 6.39. The molecule has 0 atom stereocenters. The van der Waals surface area contributed by atoms with Gasteiger partial charge in [0.1, 0.15) is 5.52 Å². The Morgan fingerprint density at radius 2 is 2.31 bits per heavy atom. The van der Waals surface area contributed by atoms with Gasteiger partial charge < -0.3 is 0 Å². The van der Waals surface area contributed by atoms with E-state index in [1.165, 1.54) is 41.1 Å². The second-order valence-corrected chi connectivity index (χ2v) is 4.47. The fourth-order valence-corrected chi connectivity index (χ4v) is 2.27. The summed E-state index contributed by atoms with van der Waals surface area (Å²) in [5.41, 5.74) is 2.51. The number of aromatic nitrogens is 2. The smallest absolute Gasteiger partial charge is 0.109 e. The maximum absolute atomic E-state index is 4.17. The summed E-state index contributed by atoms with van der Waals surface area (Å²) in [5, 5.41) is 4.17. The highest BCUT2D eigenvalue weighted by molar-refractivity contribution is 7.12. The third kappa shape index (κ3) is 1.33. The van der Waals surface area contributed by atoms with E-state index < -0.39 is 0 Å². The average molecular weight is 190 g/mol. The Morgan fingerprint density at radius 3 is 3.15 bits per heavy atom. The SMILES string of the molecule is c1cc(CC2CC2)c2nnsc2c1. The number of nitrogens with zero attached hydrogens (tertiary/aromatic N) is 2. The van der Waals surface area contributed by atoms with E-state index in [9.17, 15) is 0 Å². The quantitative estimate of drug-likeness (QED) is 0.727. The van der Waals surface area contributed by atoms with Crippen LogP contribution in [0, 0.1) is 5.92 Å². The Bertz CT molecular complexity index is 431. The van der Waals surface area contributed by atoms with Crippen LogP contribution in [0.15, 0.2) is 18.2 Å². The van der Waals surface area contributed by atoms with Gasteiger partial charge in [-0.15, -0.1) is 5.10 Å². The summed E-state index contributed by atoms with van der Waals surface area (Å²) < 4.78 is 5.20.